The second kappa shape index (κ2) is 9.87. The monoisotopic (exact) mass is 417 g/mol. The Morgan fingerprint density at radius 1 is 1.17 bits per heavy atom. The predicted molar refractivity (Wildman–Crippen MR) is 108 cm³/mol. The van der Waals surface area contributed by atoms with Gasteiger partial charge in [0, 0.05) is 23.3 Å². The highest BCUT2D eigenvalue weighted by molar-refractivity contribution is 7.09. The molecule has 0 N–H and O–H groups in total. The summed E-state index contributed by atoms with van der Waals surface area (Å²) >= 11 is 1.30. The molecular formula is C22H24FNO4S. The summed E-state index contributed by atoms with van der Waals surface area (Å²) in [6.07, 6.45) is 3.91. The van der Waals surface area contributed by atoms with Crippen LogP contribution in [0.1, 0.15) is 59.2 Å². The van der Waals surface area contributed by atoms with Gasteiger partial charge in [-0.25, -0.2) is 9.37 Å². The molecule has 0 unspecified atom stereocenters. The van der Waals surface area contributed by atoms with Gasteiger partial charge in [0.1, 0.15) is 16.6 Å². The van der Waals surface area contributed by atoms with E-state index < -0.39 is 5.82 Å². The van der Waals surface area contributed by atoms with Gasteiger partial charge >= 0.3 is 5.97 Å². The molecule has 0 atom stereocenters. The Hall–Kier alpha value is -2.41. The van der Waals surface area contributed by atoms with E-state index in [1.54, 1.807) is 12.3 Å². The van der Waals surface area contributed by atoms with Crippen LogP contribution in [-0.2, 0) is 33.6 Å². The lowest BCUT2D eigenvalue weighted by molar-refractivity contribution is -0.142. The third kappa shape index (κ3) is 5.79. The summed E-state index contributed by atoms with van der Waals surface area (Å²) in [5.41, 5.74) is 1.46. The number of thiazole rings is 1. The average Bonchev–Trinajstić information content (AvgIpc) is 3.34. The quantitative estimate of drug-likeness (QED) is 0.453. The highest BCUT2D eigenvalue weighted by Gasteiger charge is 2.26. The molecule has 154 valence electrons. The van der Waals surface area contributed by atoms with Crippen molar-refractivity contribution in [1.29, 1.82) is 0 Å². The first-order valence-electron chi connectivity index (χ1n) is 9.89. The van der Waals surface area contributed by atoms with Crippen molar-refractivity contribution in [3.63, 3.8) is 0 Å². The Labute approximate surface area is 173 Å². The van der Waals surface area contributed by atoms with Crippen LogP contribution in [0.25, 0.3) is 0 Å². The number of benzene rings is 1. The van der Waals surface area contributed by atoms with E-state index in [0.29, 0.717) is 28.4 Å². The van der Waals surface area contributed by atoms with E-state index >= 15 is 0 Å². The molecule has 5 nitrogen and oxygen atoms in total. The van der Waals surface area contributed by atoms with Crippen LogP contribution in [0.15, 0.2) is 23.6 Å². The van der Waals surface area contributed by atoms with Gasteiger partial charge in [0.2, 0.25) is 0 Å². The van der Waals surface area contributed by atoms with Crippen molar-refractivity contribution in [1.82, 2.24) is 4.98 Å². The number of ether oxygens (including phenoxy) is 1. The second-order valence-electron chi connectivity index (χ2n) is 7.25. The van der Waals surface area contributed by atoms with Crippen molar-refractivity contribution in [2.24, 2.45) is 5.92 Å². The van der Waals surface area contributed by atoms with Gasteiger partial charge in [0.05, 0.1) is 25.1 Å². The van der Waals surface area contributed by atoms with Gasteiger partial charge in [-0.3, -0.25) is 14.4 Å². The smallest absolute Gasteiger partial charge is 0.311 e. The van der Waals surface area contributed by atoms with E-state index in [4.69, 9.17) is 4.74 Å². The molecule has 1 aromatic carbocycles. The molecule has 7 heteroatoms. The molecule has 0 amide bonds. The number of nitrogens with zero attached hydrogens (tertiary/aromatic N) is 1. The number of ketones is 2. The first kappa shape index (κ1) is 21.3. The minimum absolute atomic E-state index is 0.0104. The van der Waals surface area contributed by atoms with Crippen LogP contribution in [0.5, 0.6) is 0 Å². The van der Waals surface area contributed by atoms with Crippen LogP contribution in [0.2, 0.25) is 0 Å². The predicted octanol–water partition coefficient (Wildman–Crippen LogP) is 4.12. The van der Waals surface area contributed by atoms with Gasteiger partial charge in [-0.1, -0.05) is 12.8 Å². The Morgan fingerprint density at radius 2 is 1.93 bits per heavy atom. The zero-order chi connectivity index (χ0) is 20.8. The van der Waals surface area contributed by atoms with Crippen molar-refractivity contribution < 1.29 is 23.5 Å². The third-order valence-corrected chi connectivity index (χ3v) is 5.92. The SMILES string of the molecule is CCOC(=O)Cc1csc(CC(=O)Cc2cc(F)ccc2C(=O)C2CCCC2)n1. The third-order valence-electron chi connectivity index (χ3n) is 5.02. The average molecular weight is 418 g/mol. The van der Waals surface area contributed by atoms with Crippen LogP contribution >= 0.6 is 11.3 Å². The zero-order valence-electron chi connectivity index (χ0n) is 16.4. The summed E-state index contributed by atoms with van der Waals surface area (Å²) in [5, 5.41) is 2.32. The largest absolute Gasteiger partial charge is 0.466 e. The molecule has 0 bridgehead atoms. The van der Waals surface area contributed by atoms with Crippen molar-refractivity contribution in [3.8, 4) is 0 Å². The number of esters is 1. The minimum Gasteiger partial charge on any atom is -0.466 e. The number of aromatic nitrogens is 1. The first-order chi connectivity index (χ1) is 14.0. The summed E-state index contributed by atoms with van der Waals surface area (Å²) in [5.74, 6) is -0.977. The molecule has 29 heavy (non-hydrogen) atoms. The summed E-state index contributed by atoms with van der Waals surface area (Å²) in [6, 6.07) is 4.06. The zero-order valence-corrected chi connectivity index (χ0v) is 17.2. The van der Waals surface area contributed by atoms with Gasteiger partial charge < -0.3 is 4.74 Å². The molecule has 2 aromatic rings. The first-order valence-corrected chi connectivity index (χ1v) is 10.8. The standard InChI is InChI=1S/C22H24FNO4S/c1-2-28-21(26)11-17-13-29-20(24-17)12-18(25)10-15-9-16(23)7-8-19(15)22(27)14-5-3-4-6-14/h7-9,13-14H,2-6,10-12H2,1H3. The number of halogens is 1. The highest BCUT2D eigenvalue weighted by Crippen LogP contribution is 2.29. The van der Waals surface area contributed by atoms with E-state index in [0.717, 1.165) is 25.7 Å². The fraction of sp³-hybridized carbons (Fsp3) is 0.455. The van der Waals surface area contributed by atoms with Gasteiger partial charge in [-0.2, -0.15) is 0 Å². The number of rotatable bonds is 9. The molecule has 1 aliphatic rings. The number of hydrogen-bond donors (Lipinski definition) is 0. The minimum atomic E-state index is -0.457. The highest BCUT2D eigenvalue weighted by atomic mass is 32.1. The molecule has 0 aliphatic heterocycles. The number of Topliss-reactive ketones (excluding diaryl/α,β-unsaturated/α-hetero) is 2. The molecule has 1 fully saturated rings. The topological polar surface area (TPSA) is 73.3 Å². The molecule has 0 radical (unpaired) electrons. The summed E-state index contributed by atoms with van der Waals surface area (Å²) in [7, 11) is 0. The van der Waals surface area contributed by atoms with E-state index in [-0.39, 0.29) is 42.7 Å². The van der Waals surface area contributed by atoms with Crippen LogP contribution in [0, 0.1) is 11.7 Å². The molecule has 0 saturated heterocycles. The Bertz CT molecular complexity index is 902. The van der Waals surface area contributed by atoms with E-state index in [1.807, 2.05) is 0 Å². The lowest BCUT2D eigenvalue weighted by Crippen LogP contribution is -2.16. The second-order valence-corrected chi connectivity index (χ2v) is 8.20. The lowest BCUT2D eigenvalue weighted by Gasteiger charge is -2.12. The molecule has 0 spiro atoms. The van der Waals surface area contributed by atoms with Crippen molar-refractivity contribution in [3.05, 3.63) is 51.2 Å². The van der Waals surface area contributed by atoms with Crippen molar-refractivity contribution in [2.45, 2.75) is 51.9 Å². The van der Waals surface area contributed by atoms with Crippen molar-refractivity contribution >= 4 is 28.9 Å². The van der Waals surface area contributed by atoms with Crippen LogP contribution in [0.4, 0.5) is 4.39 Å². The summed E-state index contributed by atoms with van der Waals surface area (Å²) in [6.45, 7) is 2.05. The molecule has 1 aliphatic carbocycles. The molecule has 1 saturated carbocycles. The van der Waals surface area contributed by atoms with E-state index in [2.05, 4.69) is 4.98 Å². The van der Waals surface area contributed by atoms with Crippen LogP contribution in [0.3, 0.4) is 0 Å². The van der Waals surface area contributed by atoms with E-state index in [9.17, 15) is 18.8 Å². The van der Waals surface area contributed by atoms with Crippen LogP contribution < -0.4 is 0 Å². The van der Waals surface area contributed by atoms with Gasteiger partial charge in [0.25, 0.3) is 0 Å². The van der Waals surface area contributed by atoms with E-state index in [1.165, 1.54) is 29.5 Å². The van der Waals surface area contributed by atoms with Gasteiger partial charge in [-0.05, 0) is 43.5 Å². The normalized spacial score (nSPS) is 14.1. The van der Waals surface area contributed by atoms with Crippen LogP contribution in [-0.4, -0.2) is 29.1 Å². The molecule has 3 rings (SSSR count). The van der Waals surface area contributed by atoms with Gasteiger partial charge in [0.15, 0.2) is 5.78 Å². The Kier molecular flexibility index (Phi) is 7.25. The number of carbonyl (C=O) groups is 3. The van der Waals surface area contributed by atoms with Gasteiger partial charge in [-0.15, -0.1) is 11.3 Å². The van der Waals surface area contributed by atoms with Crippen molar-refractivity contribution in [2.75, 3.05) is 6.61 Å². The number of hydrogen-bond acceptors (Lipinski definition) is 6. The maximum Gasteiger partial charge on any atom is 0.311 e. The Morgan fingerprint density at radius 3 is 2.66 bits per heavy atom. The fourth-order valence-corrected chi connectivity index (χ4v) is 4.49. The summed E-state index contributed by atoms with van der Waals surface area (Å²) in [4.78, 5) is 41.2. The summed E-state index contributed by atoms with van der Waals surface area (Å²) < 4.78 is 18.7. The Balaban J connectivity index is 1.66. The maximum absolute atomic E-state index is 13.8. The molecule has 1 aromatic heterocycles. The molecular weight excluding hydrogens is 393 g/mol. The number of carbonyl (C=O) groups excluding carboxylic acids is 3. The lowest BCUT2D eigenvalue weighted by atomic mass is 9.91. The molecule has 1 heterocycles. The fourth-order valence-electron chi connectivity index (χ4n) is 3.67. The maximum atomic E-state index is 13.8.